The summed E-state index contributed by atoms with van der Waals surface area (Å²) in [5.41, 5.74) is 0.654. The molecule has 1 N–H and O–H groups in total. The highest BCUT2D eigenvalue weighted by Crippen LogP contribution is 2.45. The summed E-state index contributed by atoms with van der Waals surface area (Å²) in [6.45, 7) is 4.09. The second-order valence-electron chi connectivity index (χ2n) is 6.11. The van der Waals surface area contributed by atoms with Crippen molar-refractivity contribution in [2.24, 2.45) is 17.0 Å². The van der Waals surface area contributed by atoms with Crippen LogP contribution in [0.4, 0.5) is 0 Å². The summed E-state index contributed by atoms with van der Waals surface area (Å²) >= 11 is 0. The molecule has 3 unspecified atom stereocenters. The van der Waals surface area contributed by atoms with Crippen LogP contribution in [-0.4, -0.2) is 22.2 Å². The van der Waals surface area contributed by atoms with Gasteiger partial charge in [-0.1, -0.05) is 19.0 Å². The zero-order valence-electron chi connectivity index (χ0n) is 13.1. The Morgan fingerprint density at radius 2 is 1.91 bits per heavy atom. The van der Waals surface area contributed by atoms with Gasteiger partial charge < -0.3 is 18.9 Å². The molecule has 1 amide bonds. The van der Waals surface area contributed by atoms with Gasteiger partial charge in [-0.25, -0.2) is 0 Å². The van der Waals surface area contributed by atoms with Crippen molar-refractivity contribution in [3.05, 3.63) is 48.3 Å². The van der Waals surface area contributed by atoms with Gasteiger partial charge in [0.05, 0.1) is 30.3 Å². The molecule has 6 nitrogen and oxygen atoms in total. The lowest BCUT2D eigenvalue weighted by Gasteiger charge is -2.44. The van der Waals surface area contributed by atoms with Gasteiger partial charge in [0.1, 0.15) is 11.5 Å². The van der Waals surface area contributed by atoms with Gasteiger partial charge >= 0.3 is 0 Å². The van der Waals surface area contributed by atoms with Gasteiger partial charge in [0.25, 0.3) is 0 Å². The first-order valence-electron chi connectivity index (χ1n) is 7.67. The van der Waals surface area contributed by atoms with Crippen LogP contribution in [0.1, 0.15) is 43.9 Å². The molecular formula is C17H20N2O4. The first-order chi connectivity index (χ1) is 11.2. The molecule has 2 aromatic rings. The van der Waals surface area contributed by atoms with E-state index in [-0.39, 0.29) is 23.9 Å². The van der Waals surface area contributed by atoms with Crippen LogP contribution < -0.4 is 0 Å². The number of hydrogen-bond acceptors (Lipinski definition) is 5. The van der Waals surface area contributed by atoms with Crippen LogP contribution in [0.2, 0.25) is 0 Å². The minimum absolute atomic E-state index is 0.123. The number of likely N-dealkylation sites (tertiary alicyclic amines) is 1. The quantitative estimate of drug-likeness (QED) is 0.531. The highest BCUT2D eigenvalue weighted by Gasteiger charge is 2.45. The average Bonchev–Trinajstić information content (AvgIpc) is 3.25. The number of rotatable bonds is 4. The summed E-state index contributed by atoms with van der Waals surface area (Å²) in [6.07, 6.45) is 4.42. The molecule has 1 fully saturated rings. The first kappa shape index (κ1) is 15.4. The highest BCUT2D eigenvalue weighted by atomic mass is 16.4. The van der Waals surface area contributed by atoms with Gasteiger partial charge in [0.15, 0.2) is 0 Å². The Balaban J connectivity index is 2.10. The molecule has 6 heteroatoms. The molecule has 0 aromatic carbocycles. The van der Waals surface area contributed by atoms with Gasteiger partial charge in [-0.2, -0.15) is 0 Å². The molecule has 3 rings (SSSR count). The van der Waals surface area contributed by atoms with Gasteiger partial charge in [-0.05, 0) is 30.2 Å². The largest absolute Gasteiger partial charge is 0.467 e. The molecule has 0 radical (unpaired) electrons. The second-order valence-corrected chi connectivity index (χ2v) is 6.11. The number of carbonyl (C=O) groups excluding carboxylic acids is 1. The van der Waals surface area contributed by atoms with E-state index >= 15 is 0 Å². The fraction of sp³-hybridized carbons (Fsp3) is 0.412. The molecule has 3 atom stereocenters. The number of hydrogen-bond donors (Lipinski definition) is 1. The Labute approximate surface area is 134 Å². The summed E-state index contributed by atoms with van der Waals surface area (Å²) in [7, 11) is 0. The molecule has 1 aliphatic rings. The van der Waals surface area contributed by atoms with E-state index in [4.69, 9.17) is 8.83 Å². The van der Waals surface area contributed by atoms with E-state index in [1.54, 1.807) is 29.6 Å². The highest BCUT2D eigenvalue weighted by molar-refractivity contribution is 5.89. The summed E-state index contributed by atoms with van der Waals surface area (Å²) in [5, 5.41) is 13.0. The fourth-order valence-corrected chi connectivity index (χ4v) is 3.51. The van der Waals surface area contributed by atoms with Crippen molar-refractivity contribution in [2.75, 3.05) is 0 Å². The van der Waals surface area contributed by atoms with Crippen LogP contribution in [0.5, 0.6) is 0 Å². The van der Waals surface area contributed by atoms with Crippen LogP contribution in [0.3, 0.4) is 0 Å². The third-order valence-electron chi connectivity index (χ3n) is 4.48. The first-order valence-corrected chi connectivity index (χ1v) is 7.67. The maximum Gasteiger partial charge on any atom is 0.210 e. The fourth-order valence-electron chi connectivity index (χ4n) is 3.51. The summed E-state index contributed by atoms with van der Waals surface area (Å²) in [4.78, 5) is 13.6. The van der Waals surface area contributed by atoms with E-state index in [2.05, 4.69) is 5.16 Å². The number of amides is 1. The summed E-state index contributed by atoms with van der Waals surface area (Å²) < 4.78 is 11.1. The molecule has 0 spiro atoms. The maximum absolute atomic E-state index is 11.9. The Morgan fingerprint density at radius 3 is 2.39 bits per heavy atom. The average molecular weight is 316 g/mol. The molecule has 3 heterocycles. The Morgan fingerprint density at radius 1 is 1.26 bits per heavy atom. The number of carbonyl (C=O) groups is 1. The van der Waals surface area contributed by atoms with Gasteiger partial charge in [0, 0.05) is 12.3 Å². The topological polar surface area (TPSA) is 79.2 Å². The SMILES string of the molecule is CC(C)C1/C(=N\O)CC(c2ccco2)N(C=O)C1c1ccco1. The standard InChI is InChI=1S/C17H20N2O4/c1-11(2)16-12(18-21)9-13(14-5-3-7-22-14)19(10-20)17(16)15-6-4-8-23-15/h3-8,10-11,13,16-17,21H,9H2,1-2H3/b18-12-. The Hall–Kier alpha value is -2.50. The molecule has 23 heavy (non-hydrogen) atoms. The second kappa shape index (κ2) is 6.32. The zero-order chi connectivity index (χ0) is 16.4. The number of oxime groups is 1. The van der Waals surface area contributed by atoms with Crippen LogP contribution in [0.25, 0.3) is 0 Å². The van der Waals surface area contributed by atoms with Crippen molar-refractivity contribution >= 4 is 12.1 Å². The predicted molar refractivity (Wildman–Crippen MR) is 83.0 cm³/mol. The number of piperidine rings is 1. The normalized spacial score (nSPS) is 26.8. The molecule has 1 aliphatic heterocycles. The van der Waals surface area contributed by atoms with E-state index < -0.39 is 0 Å². The maximum atomic E-state index is 11.9. The van der Waals surface area contributed by atoms with Crippen LogP contribution in [-0.2, 0) is 4.79 Å². The van der Waals surface area contributed by atoms with E-state index in [1.165, 1.54) is 0 Å². The smallest absolute Gasteiger partial charge is 0.210 e. The molecule has 0 aliphatic carbocycles. The Kier molecular flexibility index (Phi) is 4.23. The minimum Gasteiger partial charge on any atom is -0.467 e. The summed E-state index contributed by atoms with van der Waals surface area (Å²) in [6, 6.07) is 6.59. The van der Waals surface area contributed by atoms with E-state index in [1.807, 2.05) is 26.0 Å². The number of nitrogens with zero attached hydrogens (tertiary/aromatic N) is 2. The van der Waals surface area contributed by atoms with Gasteiger partial charge in [-0.3, -0.25) is 4.79 Å². The van der Waals surface area contributed by atoms with Crippen molar-refractivity contribution < 1.29 is 18.8 Å². The third-order valence-corrected chi connectivity index (χ3v) is 4.48. The van der Waals surface area contributed by atoms with Gasteiger partial charge in [0.2, 0.25) is 6.41 Å². The third kappa shape index (κ3) is 2.65. The van der Waals surface area contributed by atoms with Crippen molar-refractivity contribution in [3.8, 4) is 0 Å². The van der Waals surface area contributed by atoms with E-state index in [9.17, 15) is 10.0 Å². The summed E-state index contributed by atoms with van der Waals surface area (Å²) in [5.74, 6) is 1.39. The van der Waals surface area contributed by atoms with Crippen LogP contribution in [0, 0.1) is 11.8 Å². The molecule has 1 saturated heterocycles. The lowest BCUT2D eigenvalue weighted by atomic mass is 9.76. The monoisotopic (exact) mass is 316 g/mol. The van der Waals surface area contributed by atoms with Gasteiger partial charge in [-0.15, -0.1) is 0 Å². The Bertz CT molecular complexity index is 661. The van der Waals surface area contributed by atoms with E-state index in [0.29, 0.717) is 23.7 Å². The van der Waals surface area contributed by atoms with Crippen molar-refractivity contribution in [1.29, 1.82) is 0 Å². The van der Waals surface area contributed by atoms with Crippen LogP contribution in [0.15, 0.2) is 50.8 Å². The van der Waals surface area contributed by atoms with Crippen molar-refractivity contribution in [2.45, 2.75) is 32.4 Å². The van der Waals surface area contributed by atoms with E-state index in [0.717, 1.165) is 6.41 Å². The molecular weight excluding hydrogens is 296 g/mol. The lowest BCUT2D eigenvalue weighted by Crippen LogP contribution is -2.46. The van der Waals surface area contributed by atoms with Crippen LogP contribution >= 0.6 is 0 Å². The molecule has 122 valence electrons. The molecule has 2 aromatic heterocycles. The lowest BCUT2D eigenvalue weighted by molar-refractivity contribution is -0.126. The predicted octanol–water partition coefficient (Wildman–Crippen LogP) is 3.62. The molecule has 0 bridgehead atoms. The van der Waals surface area contributed by atoms with Crippen molar-refractivity contribution in [3.63, 3.8) is 0 Å². The minimum atomic E-state index is -0.336. The van der Waals surface area contributed by atoms with Crippen molar-refractivity contribution in [1.82, 2.24) is 4.90 Å². The number of furan rings is 2. The molecule has 0 saturated carbocycles. The zero-order valence-corrected chi connectivity index (χ0v) is 13.1.